The zero-order chi connectivity index (χ0) is 12.1. The molecule has 0 aromatic carbocycles. The highest BCUT2D eigenvalue weighted by molar-refractivity contribution is 5.86. The molecule has 0 bridgehead atoms. The third-order valence-electron chi connectivity index (χ3n) is 2.40. The van der Waals surface area contributed by atoms with E-state index in [2.05, 4.69) is 11.3 Å². The molecule has 5 heteroatoms. The Bertz CT molecular complexity index is 297. The van der Waals surface area contributed by atoms with Crippen LogP contribution in [0.15, 0.2) is 12.2 Å². The lowest BCUT2D eigenvalue weighted by Gasteiger charge is -2.15. The maximum atomic E-state index is 11.1. The fourth-order valence-electron chi connectivity index (χ4n) is 1.27. The minimum absolute atomic E-state index is 0.101. The zero-order valence-corrected chi connectivity index (χ0v) is 9.52. The van der Waals surface area contributed by atoms with E-state index in [4.69, 9.17) is 9.47 Å². The molecule has 0 N–H and O–H groups in total. The number of cyclic esters (lactones) is 2. The Hall–Kier alpha value is -1.52. The number of carbonyl (C=O) groups is 2. The largest absolute Gasteiger partial charge is 0.508 e. The molecule has 1 fully saturated rings. The summed E-state index contributed by atoms with van der Waals surface area (Å²) < 4.78 is 14.5. The first-order valence-electron chi connectivity index (χ1n) is 5.16. The first kappa shape index (κ1) is 12.5. The number of hydrogen-bond acceptors (Lipinski definition) is 5. The molecule has 1 aliphatic heterocycles. The fraction of sp³-hybridized carbons (Fsp3) is 0.636. The number of hydrogen-bond donors (Lipinski definition) is 0. The van der Waals surface area contributed by atoms with Crippen LogP contribution in [-0.4, -0.2) is 31.4 Å². The van der Waals surface area contributed by atoms with E-state index in [1.165, 1.54) is 0 Å². The third-order valence-corrected chi connectivity index (χ3v) is 2.40. The molecule has 0 amide bonds. The Morgan fingerprint density at radius 3 is 2.88 bits per heavy atom. The Balaban J connectivity index is 2.20. The third kappa shape index (κ3) is 3.56. The van der Waals surface area contributed by atoms with Crippen molar-refractivity contribution in [2.75, 3.05) is 13.2 Å². The molecule has 1 heterocycles. The van der Waals surface area contributed by atoms with Crippen LogP contribution in [-0.2, 0) is 19.0 Å². The van der Waals surface area contributed by atoms with Crippen LogP contribution in [0.4, 0.5) is 4.79 Å². The summed E-state index contributed by atoms with van der Waals surface area (Å²) in [6.07, 6.45) is -0.243. The highest BCUT2D eigenvalue weighted by atomic mass is 16.8. The van der Waals surface area contributed by atoms with Crippen molar-refractivity contribution in [2.45, 2.75) is 26.4 Å². The molecule has 0 aliphatic carbocycles. The zero-order valence-electron chi connectivity index (χ0n) is 9.52. The maximum Gasteiger partial charge on any atom is 0.508 e. The van der Waals surface area contributed by atoms with Crippen molar-refractivity contribution >= 4 is 12.1 Å². The van der Waals surface area contributed by atoms with Gasteiger partial charge in [-0.3, -0.25) is 0 Å². The van der Waals surface area contributed by atoms with E-state index in [1.54, 1.807) is 6.92 Å². The smallest absolute Gasteiger partial charge is 0.462 e. The molecule has 0 radical (unpaired) electrons. The molecule has 0 aromatic heterocycles. The first-order valence-corrected chi connectivity index (χ1v) is 5.16. The molecular formula is C11H16O5. The molecule has 16 heavy (non-hydrogen) atoms. The fourth-order valence-corrected chi connectivity index (χ4v) is 1.27. The molecule has 5 nitrogen and oxygen atoms in total. The first-order chi connectivity index (χ1) is 7.50. The molecule has 1 rings (SSSR count). The minimum atomic E-state index is -0.629. The Morgan fingerprint density at radius 2 is 2.38 bits per heavy atom. The molecule has 2 atom stereocenters. The van der Waals surface area contributed by atoms with Crippen molar-refractivity contribution in [3.63, 3.8) is 0 Å². The predicted octanol–water partition coefficient (Wildman–Crippen LogP) is 1.67. The number of carbonyl (C=O) groups excluding carboxylic acids is 2. The summed E-state index contributed by atoms with van der Waals surface area (Å²) in [5.74, 6) is -0.295. The van der Waals surface area contributed by atoms with Gasteiger partial charge in [-0.05, 0) is 19.3 Å². The maximum absolute atomic E-state index is 11.1. The van der Waals surface area contributed by atoms with Gasteiger partial charge in [0, 0.05) is 5.57 Å². The monoisotopic (exact) mass is 228 g/mol. The van der Waals surface area contributed by atoms with Gasteiger partial charge in [-0.2, -0.15) is 0 Å². The van der Waals surface area contributed by atoms with E-state index in [9.17, 15) is 9.59 Å². The van der Waals surface area contributed by atoms with Crippen molar-refractivity contribution < 1.29 is 23.8 Å². The Labute approximate surface area is 94.4 Å². The van der Waals surface area contributed by atoms with Crippen LogP contribution >= 0.6 is 0 Å². The lowest BCUT2D eigenvalue weighted by Crippen LogP contribution is -2.22. The molecule has 90 valence electrons. The second-order valence-electron chi connectivity index (χ2n) is 3.90. The van der Waals surface area contributed by atoms with Gasteiger partial charge < -0.3 is 14.2 Å². The second kappa shape index (κ2) is 5.53. The van der Waals surface area contributed by atoms with Gasteiger partial charge in [-0.15, -0.1) is 0 Å². The molecule has 0 spiro atoms. The highest BCUT2D eigenvalue weighted by Gasteiger charge is 2.29. The molecule has 0 aromatic rings. The van der Waals surface area contributed by atoms with Gasteiger partial charge in [0.05, 0.1) is 6.61 Å². The predicted molar refractivity (Wildman–Crippen MR) is 55.8 cm³/mol. The number of ether oxygens (including phenoxy) is 3. The Kier molecular flexibility index (Phi) is 4.34. The van der Waals surface area contributed by atoms with E-state index < -0.39 is 12.1 Å². The summed E-state index contributed by atoms with van der Waals surface area (Å²) >= 11 is 0. The van der Waals surface area contributed by atoms with E-state index in [0.717, 1.165) is 0 Å². The quantitative estimate of drug-likeness (QED) is 0.529. The molecule has 1 saturated heterocycles. The number of rotatable bonds is 5. The van der Waals surface area contributed by atoms with E-state index >= 15 is 0 Å². The van der Waals surface area contributed by atoms with Crippen molar-refractivity contribution in [3.8, 4) is 0 Å². The molecule has 2 unspecified atom stereocenters. The van der Waals surface area contributed by atoms with Crippen molar-refractivity contribution in [3.05, 3.63) is 12.2 Å². The summed E-state index contributed by atoms with van der Waals surface area (Å²) in [5.41, 5.74) is 0.378. The van der Waals surface area contributed by atoms with Gasteiger partial charge in [0.1, 0.15) is 12.7 Å². The summed E-state index contributed by atoms with van der Waals surface area (Å²) in [6.45, 7) is 7.55. The summed E-state index contributed by atoms with van der Waals surface area (Å²) in [6, 6.07) is 0. The summed E-state index contributed by atoms with van der Waals surface area (Å²) in [7, 11) is 0. The van der Waals surface area contributed by atoms with Crippen LogP contribution in [0.2, 0.25) is 0 Å². The van der Waals surface area contributed by atoms with Crippen molar-refractivity contribution in [1.82, 2.24) is 0 Å². The van der Waals surface area contributed by atoms with Crippen LogP contribution < -0.4 is 0 Å². The standard InChI is InChI=1S/C11H16O5/c1-7(2)10(12)14-5-4-8(3)9-6-15-11(13)16-9/h8-9H,1,4-6H2,2-3H3. The minimum Gasteiger partial charge on any atom is -0.462 e. The normalized spacial score (nSPS) is 20.9. The average molecular weight is 228 g/mol. The summed E-state index contributed by atoms with van der Waals surface area (Å²) in [5, 5.41) is 0. The lowest BCUT2D eigenvalue weighted by molar-refractivity contribution is -0.139. The Morgan fingerprint density at radius 1 is 1.69 bits per heavy atom. The van der Waals surface area contributed by atoms with Gasteiger partial charge in [-0.25, -0.2) is 9.59 Å². The van der Waals surface area contributed by atoms with Crippen molar-refractivity contribution in [2.24, 2.45) is 5.92 Å². The molecule has 0 saturated carbocycles. The van der Waals surface area contributed by atoms with Gasteiger partial charge >= 0.3 is 12.1 Å². The van der Waals surface area contributed by atoms with Crippen LogP contribution in [0.1, 0.15) is 20.3 Å². The van der Waals surface area contributed by atoms with Gasteiger partial charge in [0.2, 0.25) is 0 Å². The lowest BCUT2D eigenvalue weighted by atomic mass is 10.0. The van der Waals surface area contributed by atoms with Crippen LogP contribution in [0.3, 0.4) is 0 Å². The van der Waals surface area contributed by atoms with Gasteiger partial charge in [-0.1, -0.05) is 13.5 Å². The van der Waals surface area contributed by atoms with Crippen LogP contribution in [0.25, 0.3) is 0 Å². The topological polar surface area (TPSA) is 61.8 Å². The van der Waals surface area contributed by atoms with Crippen molar-refractivity contribution in [1.29, 1.82) is 0 Å². The summed E-state index contributed by atoms with van der Waals surface area (Å²) in [4.78, 5) is 21.8. The van der Waals surface area contributed by atoms with E-state index in [0.29, 0.717) is 18.6 Å². The average Bonchev–Trinajstić information content (AvgIpc) is 2.64. The van der Waals surface area contributed by atoms with E-state index in [1.807, 2.05) is 6.92 Å². The SMILES string of the molecule is C=C(C)C(=O)OCCC(C)C1COC(=O)O1. The highest BCUT2D eigenvalue weighted by Crippen LogP contribution is 2.18. The number of esters is 1. The van der Waals surface area contributed by atoms with Gasteiger partial charge in [0.25, 0.3) is 0 Å². The van der Waals surface area contributed by atoms with Crippen LogP contribution in [0.5, 0.6) is 0 Å². The van der Waals surface area contributed by atoms with Crippen LogP contribution in [0, 0.1) is 5.92 Å². The molecular weight excluding hydrogens is 212 g/mol. The molecule has 1 aliphatic rings. The second-order valence-corrected chi connectivity index (χ2v) is 3.90. The van der Waals surface area contributed by atoms with E-state index in [-0.39, 0.29) is 18.6 Å². The van der Waals surface area contributed by atoms with Gasteiger partial charge in [0.15, 0.2) is 0 Å².